The van der Waals surface area contributed by atoms with Crippen molar-refractivity contribution in [3.8, 4) is 5.75 Å². The van der Waals surface area contributed by atoms with Crippen LogP contribution < -0.4 is 4.18 Å². The smallest absolute Gasteiger partial charge is 0.339 e. The van der Waals surface area contributed by atoms with E-state index >= 15 is 0 Å². The van der Waals surface area contributed by atoms with Gasteiger partial charge in [0.05, 0.1) is 0 Å². The lowest BCUT2D eigenvalue weighted by Gasteiger charge is -2.08. The summed E-state index contributed by atoms with van der Waals surface area (Å²) in [6.07, 6.45) is 0. The minimum Gasteiger partial charge on any atom is -0.379 e. The van der Waals surface area contributed by atoms with Crippen LogP contribution >= 0.6 is 15.9 Å². The summed E-state index contributed by atoms with van der Waals surface area (Å²) >= 11 is 3.26. The first-order chi connectivity index (χ1) is 8.87. The molecule has 2 aromatic carbocycles. The van der Waals surface area contributed by atoms with Crippen LogP contribution in [0.4, 0.5) is 0 Å². The van der Waals surface area contributed by atoms with E-state index in [1.807, 2.05) is 13.8 Å². The quantitative estimate of drug-likeness (QED) is 0.802. The third-order valence-corrected chi connectivity index (χ3v) is 4.15. The first-order valence-corrected chi connectivity index (χ1v) is 7.77. The minimum atomic E-state index is -3.80. The molecular weight excluding hydrogens is 328 g/mol. The minimum absolute atomic E-state index is 0.139. The van der Waals surface area contributed by atoms with Gasteiger partial charge in [-0.3, -0.25) is 0 Å². The van der Waals surface area contributed by atoms with Crippen molar-refractivity contribution < 1.29 is 12.6 Å². The van der Waals surface area contributed by atoms with E-state index in [2.05, 4.69) is 22.0 Å². The normalized spacial score (nSPS) is 11.3. The highest BCUT2D eigenvalue weighted by molar-refractivity contribution is 9.10. The number of hydrogen-bond acceptors (Lipinski definition) is 3. The third kappa shape index (κ3) is 3.58. The monoisotopic (exact) mass is 339 g/mol. The van der Waals surface area contributed by atoms with Crippen LogP contribution in [-0.4, -0.2) is 8.42 Å². The second kappa shape index (κ2) is 5.35. The van der Waals surface area contributed by atoms with E-state index in [-0.39, 0.29) is 10.6 Å². The summed E-state index contributed by atoms with van der Waals surface area (Å²) in [6, 6.07) is 12.7. The molecule has 0 saturated heterocycles. The molecule has 0 atom stereocenters. The highest BCUT2D eigenvalue weighted by Crippen LogP contribution is 2.24. The molecule has 0 saturated carbocycles. The van der Waals surface area contributed by atoms with Crippen molar-refractivity contribution in [1.29, 1.82) is 0 Å². The molecule has 3 nitrogen and oxygen atoms in total. The molecule has 19 heavy (non-hydrogen) atoms. The van der Waals surface area contributed by atoms with Crippen LogP contribution in [0.5, 0.6) is 5.75 Å². The highest BCUT2D eigenvalue weighted by atomic mass is 79.9. The fourth-order valence-electron chi connectivity index (χ4n) is 1.57. The Labute approximate surface area is 121 Å². The Balaban J connectivity index is 2.33. The van der Waals surface area contributed by atoms with Crippen LogP contribution in [0.15, 0.2) is 45.8 Å². The maximum absolute atomic E-state index is 12.1. The van der Waals surface area contributed by atoms with Crippen LogP contribution in [0.2, 0.25) is 0 Å². The van der Waals surface area contributed by atoms with E-state index in [1.165, 1.54) is 12.1 Å². The number of rotatable bonds is 3. The van der Waals surface area contributed by atoms with E-state index in [0.717, 1.165) is 11.1 Å². The molecule has 0 aromatic heterocycles. The predicted octanol–water partition coefficient (Wildman–Crippen LogP) is 3.63. The van der Waals surface area contributed by atoms with Gasteiger partial charge < -0.3 is 4.18 Å². The van der Waals surface area contributed by atoms with Gasteiger partial charge in [-0.05, 0) is 43.7 Å². The Hall–Kier alpha value is -1.33. The van der Waals surface area contributed by atoms with Crippen molar-refractivity contribution in [2.24, 2.45) is 0 Å². The molecule has 0 aliphatic heterocycles. The van der Waals surface area contributed by atoms with Crippen molar-refractivity contribution in [1.82, 2.24) is 0 Å². The molecule has 2 rings (SSSR count). The van der Waals surface area contributed by atoms with E-state index in [9.17, 15) is 8.42 Å². The van der Waals surface area contributed by atoms with Crippen molar-refractivity contribution in [3.63, 3.8) is 0 Å². The highest BCUT2D eigenvalue weighted by Gasteiger charge is 2.16. The average molecular weight is 340 g/mol. The first kappa shape index (κ1) is 14.1. The Bertz CT molecular complexity index is 671. The Morgan fingerprint density at radius 3 is 2.32 bits per heavy atom. The fourth-order valence-corrected chi connectivity index (χ4v) is 3.02. The van der Waals surface area contributed by atoms with Gasteiger partial charge in [-0.15, -0.1) is 0 Å². The van der Waals surface area contributed by atoms with E-state index < -0.39 is 10.1 Å². The summed E-state index contributed by atoms with van der Waals surface area (Å²) in [6.45, 7) is 3.71. The Morgan fingerprint density at radius 1 is 1.11 bits per heavy atom. The molecule has 0 bridgehead atoms. The van der Waals surface area contributed by atoms with E-state index in [4.69, 9.17) is 4.18 Å². The molecular formula is C14H12BrO3S. The lowest BCUT2D eigenvalue weighted by molar-refractivity contribution is 0.485. The van der Waals surface area contributed by atoms with Gasteiger partial charge in [0.1, 0.15) is 10.6 Å². The summed E-state index contributed by atoms with van der Waals surface area (Å²) in [5.74, 6) is 0.267. The van der Waals surface area contributed by atoms with Crippen molar-refractivity contribution in [2.75, 3.05) is 0 Å². The van der Waals surface area contributed by atoms with Crippen LogP contribution in [0, 0.1) is 19.9 Å². The maximum Gasteiger partial charge on any atom is 0.339 e. The Kier molecular flexibility index (Phi) is 3.96. The van der Waals surface area contributed by atoms with Gasteiger partial charge in [-0.1, -0.05) is 33.6 Å². The third-order valence-electron chi connectivity index (χ3n) is 2.46. The number of hydrogen-bond donors (Lipinski definition) is 0. The van der Waals surface area contributed by atoms with Gasteiger partial charge in [0.25, 0.3) is 0 Å². The molecule has 99 valence electrons. The lowest BCUT2D eigenvalue weighted by atomic mass is 10.2. The van der Waals surface area contributed by atoms with E-state index in [1.54, 1.807) is 24.3 Å². The van der Waals surface area contributed by atoms with Gasteiger partial charge in [-0.2, -0.15) is 8.42 Å². The van der Waals surface area contributed by atoms with Crippen molar-refractivity contribution in [3.05, 3.63) is 58.1 Å². The van der Waals surface area contributed by atoms with Crippen LogP contribution in [0.25, 0.3) is 0 Å². The summed E-state index contributed by atoms with van der Waals surface area (Å²) < 4.78 is 29.9. The zero-order valence-corrected chi connectivity index (χ0v) is 12.9. The zero-order chi connectivity index (χ0) is 14.0. The number of halogens is 1. The van der Waals surface area contributed by atoms with Crippen molar-refractivity contribution >= 4 is 26.0 Å². The molecule has 0 heterocycles. The molecule has 0 fully saturated rings. The molecule has 5 heteroatoms. The Morgan fingerprint density at radius 2 is 1.74 bits per heavy atom. The molecule has 1 radical (unpaired) electrons. The SMILES string of the molecule is Cc1[c]c(Br)cc(OS(=O)(=O)c2ccc(C)cc2)c1. The first-order valence-electron chi connectivity index (χ1n) is 5.57. The predicted molar refractivity (Wildman–Crippen MR) is 76.7 cm³/mol. The van der Waals surface area contributed by atoms with Gasteiger partial charge in [0.2, 0.25) is 0 Å². The van der Waals surface area contributed by atoms with Gasteiger partial charge in [0, 0.05) is 10.5 Å². The van der Waals surface area contributed by atoms with Crippen LogP contribution in [-0.2, 0) is 10.1 Å². The van der Waals surface area contributed by atoms with E-state index in [0.29, 0.717) is 4.47 Å². The zero-order valence-electron chi connectivity index (χ0n) is 10.5. The van der Waals surface area contributed by atoms with Gasteiger partial charge >= 0.3 is 10.1 Å². The van der Waals surface area contributed by atoms with Crippen molar-refractivity contribution in [2.45, 2.75) is 18.7 Å². The second-order valence-electron chi connectivity index (χ2n) is 4.20. The number of aryl methyl sites for hydroxylation is 2. The average Bonchev–Trinajstić information content (AvgIpc) is 2.27. The summed E-state index contributed by atoms with van der Waals surface area (Å²) in [7, 11) is -3.80. The molecule has 0 aliphatic carbocycles. The lowest BCUT2D eigenvalue weighted by Crippen LogP contribution is -2.09. The summed E-state index contributed by atoms with van der Waals surface area (Å²) in [5.41, 5.74) is 1.79. The van der Waals surface area contributed by atoms with Gasteiger partial charge in [-0.25, -0.2) is 0 Å². The molecule has 0 aliphatic rings. The van der Waals surface area contributed by atoms with Gasteiger partial charge in [0.15, 0.2) is 0 Å². The standard InChI is InChI=1S/C14H12BrO3S/c1-10-3-5-14(6-4-10)19(16,17)18-13-8-11(2)7-12(15)9-13/h3-6,8-9H,1-2H3. The molecule has 2 aromatic rings. The number of benzene rings is 2. The second-order valence-corrected chi connectivity index (χ2v) is 6.60. The molecule has 0 amide bonds. The summed E-state index contributed by atoms with van der Waals surface area (Å²) in [5, 5.41) is 0. The topological polar surface area (TPSA) is 43.4 Å². The molecule has 0 spiro atoms. The summed E-state index contributed by atoms with van der Waals surface area (Å²) in [4.78, 5) is 0.139. The van der Waals surface area contributed by atoms with Crippen LogP contribution in [0.3, 0.4) is 0 Å². The molecule has 0 N–H and O–H groups in total. The maximum atomic E-state index is 12.1. The van der Waals surface area contributed by atoms with Crippen LogP contribution in [0.1, 0.15) is 11.1 Å². The fraction of sp³-hybridized carbons (Fsp3) is 0.143. The largest absolute Gasteiger partial charge is 0.379 e. The molecule has 0 unspecified atom stereocenters.